The van der Waals surface area contributed by atoms with Gasteiger partial charge in [0.05, 0.1) is 24.8 Å². The number of anilines is 1. The maximum absolute atomic E-state index is 13.0. The number of ether oxygens (including phenoxy) is 1. The van der Waals surface area contributed by atoms with Gasteiger partial charge in [0.15, 0.2) is 0 Å². The molecule has 0 radical (unpaired) electrons. The summed E-state index contributed by atoms with van der Waals surface area (Å²) in [6, 6.07) is 2.95. The van der Waals surface area contributed by atoms with Crippen LogP contribution in [0.5, 0.6) is 0 Å². The molecule has 21 heavy (non-hydrogen) atoms. The molecule has 1 aromatic rings. The lowest BCUT2D eigenvalue weighted by atomic mass is 9.85. The maximum Gasteiger partial charge on any atom is 0.418 e. The predicted molar refractivity (Wildman–Crippen MR) is 73.1 cm³/mol. The Balaban J connectivity index is 2.34. The summed E-state index contributed by atoms with van der Waals surface area (Å²) in [7, 11) is 0. The fraction of sp³-hybridized carbons (Fsp3) is 0.462. The topological polar surface area (TPSA) is 58.6 Å². The van der Waals surface area contributed by atoms with Gasteiger partial charge in [-0.05, 0) is 25.1 Å². The Morgan fingerprint density at radius 2 is 2.19 bits per heavy atom. The van der Waals surface area contributed by atoms with E-state index in [-0.39, 0.29) is 18.9 Å². The van der Waals surface area contributed by atoms with E-state index in [4.69, 9.17) is 4.74 Å². The van der Waals surface area contributed by atoms with Crippen LogP contribution in [-0.2, 0) is 15.7 Å². The Kier molecular flexibility index (Phi) is 4.21. The summed E-state index contributed by atoms with van der Waals surface area (Å²) in [5.74, 6) is -1.11. The lowest BCUT2D eigenvalue weighted by molar-refractivity contribution is -0.148. The Hall–Kier alpha value is -1.28. The number of alkyl halides is 3. The van der Waals surface area contributed by atoms with Gasteiger partial charge in [0.25, 0.3) is 0 Å². The number of carboxylic acid groups (broad SMARTS) is 1. The molecule has 1 saturated heterocycles. The standard InChI is InChI=1S/C13H13BrF3NO3/c1-12(11(19)20)6-21-5-10(12)18-9-3-2-7(14)4-8(9)13(15,16)17/h2-4,10,18H,5-6H2,1H3,(H,19,20). The monoisotopic (exact) mass is 367 g/mol. The molecule has 1 fully saturated rings. The van der Waals surface area contributed by atoms with Gasteiger partial charge in [-0.1, -0.05) is 15.9 Å². The number of carboxylic acids is 1. The number of rotatable bonds is 3. The molecule has 8 heteroatoms. The van der Waals surface area contributed by atoms with Gasteiger partial charge in [-0.25, -0.2) is 0 Å². The molecule has 2 N–H and O–H groups in total. The maximum atomic E-state index is 13.0. The van der Waals surface area contributed by atoms with Crippen molar-refractivity contribution in [3.05, 3.63) is 28.2 Å². The van der Waals surface area contributed by atoms with Crippen molar-refractivity contribution in [2.45, 2.75) is 19.1 Å². The van der Waals surface area contributed by atoms with Gasteiger partial charge < -0.3 is 15.2 Å². The number of aliphatic carboxylic acids is 1. The molecule has 0 amide bonds. The summed E-state index contributed by atoms with van der Waals surface area (Å²) in [6.45, 7) is 1.44. The van der Waals surface area contributed by atoms with E-state index in [0.717, 1.165) is 6.07 Å². The second-order valence-corrected chi connectivity index (χ2v) is 6.04. The Morgan fingerprint density at radius 1 is 1.52 bits per heavy atom. The van der Waals surface area contributed by atoms with E-state index in [1.165, 1.54) is 19.1 Å². The largest absolute Gasteiger partial charge is 0.481 e. The van der Waals surface area contributed by atoms with Crippen molar-refractivity contribution >= 4 is 27.6 Å². The quantitative estimate of drug-likeness (QED) is 0.859. The highest BCUT2D eigenvalue weighted by Gasteiger charge is 2.47. The summed E-state index contributed by atoms with van der Waals surface area (Å²) in [5, 5.41) is 11.9. The molecule has 1 heterocycles. The van der Waals surface area contributed by atoms with E-state index in [1.54, 1.807) is 0 Å². The smallest absolute Gasteiger partial charge is 0.418 e. The fourth-order valence-electron chi connectivity index (χ4n) is 2.15. The van der Waals surface area contributed by atoms with Gasteiger partial charge in [0.2, 0.25) is 0 Å². The van der Waals surface area contributed by atoms with Crippen molar-refractivity contribution in [2.24, 2.45) is 5.41 Å². The average molecular weight is 368 g/mol. The average Bonchev–Trinajstić information content (AvgIpc) is 2.73. The zero-order chi connectivity index (χ0) is 15.8. The molecule has 0 aromatic heterocycles. The first kappa shape index (κ1) is 16.1. The van der Waals surface area contributed by atoms with Crippen LogP contribution in [0.25, 0.3) is 0 Å². The van der Waals surface area contributed by atoms with Gasteiger partial charge >= 0.3 is 12.1 Å². The zero-order valence-electron chi connectivity index (χ0n) is 11.0. The third-order valence-corrected chi connectivity index (χ3v) is 4.05. The lowest BCUT2D eigenvalue weighted by Gasteiger charge is -2.27. The molecule has 1 aromatic carbocycles. The summed E-state index contributed by atoms with van der Waals surface area (Å²) in [4.78, 5) is 11.3. The van der Waals surface area contributed by atoms with Gasteiger partial charge in [-0.3, -0.25) is 4.79 Å². The Morgan fingerprint density at radius 3 is 2.76 bits per heavy atom. The van der Waals surface area contributed by atoms with Gasteiger partial charge in [0.1, 0.15) is 5.41 Å². The van der Waals surface area contributed by atoms with Crippen LogP contribution in [0.4, 0.5) is 18.9 Å². The molecule has 1 aliphatic heterocycles. The molecular formula is C13H13BrF3NO3. The number of benzene rings is 1. The molecule has 0 saturated carbocycles. The molecule has 2 unspecified atom stereocenters. The van der Waals surface area contributed by atoms with E-state index >= 15 is 0 Å². The highest BCUT2D eigenvalue weighted by atomic mass is 79.9. The minimum absolute atomic E-state index is 0.0379. The highest BCUT2D eigenvalue weighted by molar-refractivity contribution is 9.10. The predicted octanol–water partition coefficient (Wildman–Crippen LogP) is 3.37. The van der Waals surface area contributed by atoms with Crippen LogP contribution in [0.2, 0.25) is 0 Å². The number of halogens is 4. The van der Waals surface area contributed by atoms with Crippen molar-refractivity contribution in [3.8, 4) is 0 Å². The first-order valence-corrected chi connectivity index (χ1v) is 6.88. The second-order valence-electron chi connectivity index (χ2n) is 5.12. The van der Waals surface area contributed by atoms with Crippen LogP contribution in [0.1, 0.15) is 12.5 Å². The van der Waals surface area contributed by atoms with E-state index < -0.39 is 29.2 Å². The number of hydrogen-bond donors (Lipinski definition) is 2. The van der Waals surface area contributed by atoms with E-state index in [0.29, 0.717) is 4.47 Å². The Labute approximate surface area is 127 Å². The molecule has 0 aliphatic carbocycles. The summed E-state index contributed by atoms with van der Waals surface area (Å²) >= 11 is 3.00. The summed E-state index contributed by atoms with van der Waals surface area (Å²) in [6.07, 6.45) is -4.54. The molecule has 2 rings (SSSR count). The van der Waals surface area contributed by atoms with Crippen LogP contribution in [0.15, 0.2) is 22.7 Å². The highest BCUT2D eigenvalue weighted by Crippen LogP contribution is 2.39. The van der Waals surface area contributed by atoms with Crippen LogP contribution in [0.3, 0.4) is 0 Å². The lowest BCUT2D eigenvalue weighted by Crippen LogP contribution is -2.43. The van der Waals surface area contributed by atoms with Crippen molar-refractivity contribution in [2.75, 3.05) is 18.5 Å². The SMILES string of the molecule is CC1(C(=O)O)COCC1Nc1ccc(Br)cc1C(F)(F)F. The first-order chi connectivity index (χ1) is 9.64. The van der Waals surface area contributed by atoms with Crippen LogP contribution >= 0.6 is 15.9 Å². The normalized spacial score (nSPS) is 25.9. The number of carbonyl (C=O) groups is 1. The Bertz CT molecular complexity index is 564. The number of nitrogens with one attached hydrogen (secondary N) is 1. The van der Waals surface area contributed by atoms with Crippen molar-refractivity contribution in [1.29, 1.82) is 0 Å². The molecule has 0 bridgehead atoms. The molecule has 1 aliphatic rings. The van der Waals surface area contributed by atoms with Crippen molar-refractivity contribution < 1.29 is 27.8 Å². The molecule has 0 spiro atoms. The van der Waals surface area contributed by atoms with Crippen molar-refractivity contribution in [1.82, 2.24) is 0 Å². The third-order valence-electron chi connectivity index (χ3n) is 3.56. The zero-order valence-corrected chi connectivity index (χ0v) is 12.6. The fourth-order valence-corrected chi connectivity index (χ4v) is 2.51. The minimum Gasteiger partial charge on any atom is -0.481 e. The first-order valence-electron chi connectivity index (χ1n) is 6.09. The van der Waals surface area contributed by atoms with Crippen LogP contribution in [-0.4, -0.2) is 30.3 Å². The van der Waals surface area contributed by atoms with Crippen molar-refractivity contribution in [3.63, 3.8) is 0 Å². The number of hydrogen-bond acceptors (Lipinski definition) is 3. The van der Waals surface area contributed by atoms with Gasteiger partial charge in [-0.15, -0.1) is 0 Å². The summed E-state index contributed by atoms with van der Waals surface area (Å²) in [5.41, 5.74) is -2.28. The van der Waals surface area contributed by atoms with E-state index in [1.807, 2.05) is 0 Å². The van der Waals surface area contributed by atoms with E-state index in [9.17, 15) is 23.1 Å². The van der Waals surface area contributed by atoms with Gasteiger partial charge in [-0.2, -0.15) is 13.2 Å². The second kappa shape index (κ2) is 5.49. The molecule has 2 atom stereocenters. The summed E-state index contributed by atoms with van der Waals surface area (Å²) < 4.78 is 44.6. The molecule has 4 nitrogen and oxygen atoms in total. The minimum atomic E-state index is -4.54. The van der Waals surface area contributed by atoms with Gasteiger partial charge in [0, 0.05) is 10.2 Å². The molecule has 116 valence electrons. The van der Waals surface area contributed by atoms with Crippen LogP contribution < -0.4 is 5.32 Å². The molecular weight excluding hydrogens is 355 g/mol. The van der Waals surface area contributed by atoms with Crippen LogP contribution in [0, 0.1) is 5.41 Å². The third kappa shape index (κ3) is 3.16. The van der Waals surface area contributed by atoms with E-state index in [2.05, 4.69) is 21.2 Å².